The van der Waals surface area contributed by atoms with Crippen molar-refractivity contribution in [2.24, 2.45) is 11.8 Å². The van der Waals surface area contributed by atoms with E-state index in [9.17, 15) is 10.2 Å². The summed E-state index contributed by atoms with van der Waals surface area (Å²) >= 11 is 0. The maximum atomic E-state index is 9.42. The van der Waals surface area contributed by atoms with Crippen molar-refractivity contribution < 1.29 is 10.2 Å². The molecule has 0 heterocycles. The standard InChI is InChI=1S/C14H24O2/c15-13-7-3-11(4-8-13)1-2-12-5-9-14(16)10-6-12/h1-2,11-16H,3-10H2. The highest BCUT2D eigenvalue weighted by molar-refractivity contribution is 4.96. The van der Waals surface area contributed by atoms with Gasteiger partial charge < -0.3 is 10.2 Å². The highest BCUT2D eigenvalue weighted by Gasteiger charge is 2.19. The van der Waals surface area contributed by atoms with E-state index in [1.807, 2.05) is 0 Å². The Labute approximate surface area is 98.4 Å². The molecule has 2 heteroatoms. The maximum absolute atomic E-state index is 9.42. The van der Waals surface area contributed by atoms with Gasteiger partial charge in [-0.2, -0.15) is 0 Å². The number of hydrogen-bond acceptors (Lipinski definition) is 2. The van der Waals surface area contributed by atoms with Crippen LogP contribution in [-0.4, -0.2) is 22.4 Å². The number of hydrogen-bond donors (Lipinski definition) is 2. The molecule has 2 nitrogen and oxygen atoms in total. The van der Waals surface area contributed by atoms with Gasteiger partial charge in [-0.3, -0.25) is 0 Å². The Balaban J connectivity index is 1.72. The Morgan fingerprint density at radius 3 is 1.19 bits per heavy atom. The molecule has 2 aliphatic rings. The first kappa shape index (κ1) is 12.1. The van der Waals surface area contributed by atoms with E-state index in [2.05, 4.69) is 12.2 Å². The van der Waals surface area contributed by atoms with Gasteiger partial charge >= 0.3 is 0 Å². The molecule has 0 aromatic carbocycles. The van der Waals surface area contributed by atoms with Crippen molar-refractivity contribution in [3.63, 3.8) is 0 Å². The zero-order valence-electron chi connectivity index (χ0n) is 10.0. The molecule has 2 rings (SSSR count). The molecular weight excluding hydrogens is 200 g/mol. The monoisotopic (exact) mass is 224 g/mol. The molecule has 0 aliphatic heterocycles. The highest BCUT2D eigenvalue weighted by Crippen LogP contribution is 2.29. The van der Waals surface area contributed by atoms with Crippen LogP contribution in [0.1, 0.15) is 51.4 Å². The normalized spacial score (nSPS) is 41.4. The van der Waals surface area contributed by atoms with Crippen molar-refractivity contribution in [3.8, 4) is 0 Å². The Bertz CT molecular complexity index is 197. The third-order valence-electron chi connectivity index (χ3n) is 4.14. The minimum absolute atomic E-state index is 0.0468. The van der Waals surface area contributed by atoms with Crippen LogP contribution in [0.4, 0.5) is 0 Å². The van der Waals surface area contributed by atoms with Crippen molar-refractivity contribution in [2.45, 2.75) is 63.6 Å². The van der Waals surface area contributed by atoms with Gasteiger partial charge in [-0.25, -0.2) is 0 Å². The third-order valence-corrected chi connectivity index (χ3v) is 4.14. The highest BCUT2D eigenvalue weighted by atomic mass is 16.3. The molecule has 0 saturated heterocycles. The van der Waals surface area contributed by atoms with Gasteiger partial charge in [0.15, 0.2) is 0 Å². The molecule has 0 radical (unpaired) electrons. The van der Waals surface area contributed by atoms with Crippen LogP contribution in [0.2, 0.25) is 0 Å². The molecule has 0 unspecified atom stereocenters. The van der Waals surface area contributed by atoms with Crippen LogP contribution in [0, 0.1) is 11.8 Å². The van der Waals surface area contributed by atoms with Gasteiger partial charge in [-0.1, -0.05) is 12.2 Å². The number of allylic oxidation sites excluding steroid dienone is 2. The van der Waals surface area contributed by atoms with Crippen molar-refractivity contribution in [1.82, 2.24) is 0 Å². The smallest absolute Gasteiger partial charge is 0.0540 e. The first-order valence-corrected chi connectivity index (χ1v) is 6.78. The van der Waals surface area contributed by atoms with Gasteiger partial charge in [-0.15, -0.1) is 0 Å². The van der Waals surface area contributed by atoms with Crippen molar-refractivity contribution >= 4 is 0 Å². The predicted octanol–water partition coefficient (Wildman–Crippen LogP) is 2.64. The van der Waals surface area contributed by atoms with Crippen molar-refractivity contribution in [2.75, 3.05) is 0 Å². The quantitative estimate of drug-likeness (QED) is 0.708. The van der Waals surface area contributed by atoms with Gasteiger partial charge in [0.1, 0.15) is 0 Å². The van der Waals surface area contributed by atoms with Crippen LogP contribution in [0.3, 0.4) is 0 Å². The Morgan fingerprint density at radius 1 is 0.562 bits per heavy atom. The lowest BCUT2D eigenvalue weighted by atomic mass is 9.83. The summed E-state index contributed by atoms with van der Waals surface area (Å²) in [6.07, 6.45) is 13.1. The lowest BCUT2D eigenvalue weighted by molar-refractivity contribution is 0.115. The summed E-state index contributed by atoms with van der Waals surface area (Å²) in [7, 11) is 0. The number of aliphatic hydroxyl groups excluding tert-OH is 2. The van der Waals surface area contributed by atoms with Crippen LogP contribution in [0.15, 0.2) is 12.2 Å². The van der Waals surface area contributed by atoms with Crippen LogP contribution in [0.5, 0.6) is 0 Å². The van der Waals surface area contributed by atoms with E-state index >= 15 is 0 Å². The summed E-state index contributed by atoms with van der Waals surface area (Å²) in [6, 6.07) is 0. The van der Waals surface area contributed by atoms with Crippen molar-refractivity contribution in [3.05, 3.63) is 12.2 Å². The first-order valence-electron chi connectivity index (χ1n) is 6.78. The fraction of sp³-hybridized carbons (Fsp3) is 0.857. The summed E-state index contributed by atoms with van der Waals surface area (Å²) in [5, 5.41) is 18.8. The lowest BCUT2D eigenvalue weighted by Gasteiger charge is -2.25. The van der Waals surface area contributed by atoms with Gasteiger partial charge in [0.25, 0.3) is 0 Å². The van der Waals surface area contributed by atoms with Gasteiger partial charge in [-0.05, 0) is 63.2 Å². The summed E-state index contributed by atoms with van der Waals surface area (Å²) in [6.45, 7) is 0. The summed E-state index contributed by atoms with van der Waals surface area (Å²) in [4.78, 5) is 0. The molecule has 92 valence electrons. The molecule has 16 heavy (non-hydrogen) atoms. The summed E-state index contributed by atoms with van der Waals surface area (Å²) in [5.74, 6) is 1.38. The lowest BCUT2D eigenvalue weighted by Crippen LogP contribution is -2.18. The second-order valence-electron chi connectivity index (χ2n) is 5.52. The van der Waals surface area contributed by atoms with Crippen LogP contribution < -0.4 is 0 Å². The second-order valence-corrected chi connectivity index (χ2v) is 5.52. The molecule has 0 bridgehead atoms. The summed E-state index contributed by atoms with van der Waals surface area (Å²) < 4.78 is 0. The minimum Gasteiger partial charge on any atom is -0.393 e. The van der Waals surface area contributed by atoms with Crippen LogP contribution >= 0.6 is 0 Å². The zero-order chi connectivity index (χ0) is 11.4. The average Bonchev–Trinajstić information content (AvgIpc) is 2.30. The molecule has 2 fully saturated rings. The number of aliphatic hydroxyl groups is 2. The fourth-order valence-electron chi connectivity index (χ4n) is 2.90. The van der Waals surface area contributed by atoms with E-state index < -0.39 is 0 Å². The van der Waals surface area contributed by atoms with Gasteiger partial charge in [0.05, 0.1) is 12.2 Å². The molecule has 2 aliphatic carbocycles. The minimum atomic E-state index is -0.0468. The van der Waals surface area contributed by atoms with Gasteiger partial charge in [0, 0.05) is 0 Å². The third kappa shape index (κ3) is 3.60. The van der Waals surface area contributed by atoms with E-state index in [-0.39, 0.29) is 12.2 Å². The van der Waals surface area contributed by atoms with E-state index in [1.165, 1.54) is 0 Å². The average molecular weight is 224 g/mol. The molecule has 0 atom stereocenters. The maximum Gasteiger partial charge on any atom is 0.0540 e. The molecule has 2 N–H and O–H groups in total. The molecule has 0 amide bonds. The van der Waals surface area contributed by atoms with E-state index in [1.54, 1.807) is 0 Å². The van der Waals surface area contributed by atoms with E-state index in [0.717, 1.165) is 51.4 Å². The Hall–Kier alpha value is -0.340. The van der Waals surface area contributed by atoms with E-state index in [4.69, 9.17) is 0 Å². The Morgan fingerprint density at radius 2 is 0.875 bits per heavy atom. The topological polar surface area (TPSA) is 40.5 Å². The Kier molecular flexibility index (Phi) is 4.42. The van der Waals surface area contributed by atoms with Crippen LogP contribution in [-0.2, 0) is 0 Å². The second kappa shape index (κ2) is 5.83. The largest absolute Gasteiger partial charge is 0.393 e. The molecule has 0 aromatic rings. The van der Waals surface area contributed by atoms with E-state index in [0.29, 0.717) is 11.8 Å². The molecular formula is C14H24O2. The SMILES string of the molecule is OC1CCC(C=CC2CCC(O)CC2)CC1. The molecule has 0 spiro atoms. The van der Waals surface area contributed by atoms with Gasteiger partial charge in [0.2, 0.25) is 0 Å². The van der Waals surface area contributed by atoms with Crippen LogP contribution in [0.25, 0.3) is 0 Å². The predicted molar refractivity (Wildman–Crippen MR) is 65.1 cm³/mol. The fourth-order valence-corrected chi connectivity index (χ4v) is 2.90. The first-order chi connectivity index (χ1) is 7.74. The molecule has 2 saturated carbocycles. The van der Waals surface area contributed by atoms with Crippen molar-refractivity contribution in [1.29, 1.82) is 0 Å². The summed E-state index contributed by atoms with van der Waals surface area (Å²) in [5.41, 5.74) is 0. The number of rotatable bonds is 2. The zero-order valence-corrected chi connectivity index (χ0v) is 10.0. The molecule has 0 aromatic heterocycles.